The molecular weight excluding hydrogens is 1130 g/mol. The van der Waals surface area contributed by atoms with Crippen molar-refractivity contribution in [1.29, 1.82) is 0 Å². The lowest BCUT2D eigenvalue weighted by molar-refractivity contribution is -0.194. The Morgan fingerprint density at radius 3 is 1.07 bits per heavy atom. The first-order chi connectivity index (χ1) is 43.2. The molecule has 1 saturated heterocycles. The molecule has 0 aromatic carbocycles. The third kappa shape index (κ3) is 10.8. The Labute approximate surface area is 542 Å². The quantitative estimate of drug-likeness (QED) is 0.0506. The van der Waals surface area contributed by atoms with Crippen LogP contribution in [0.5, 0.6) is 0 Å². The summed E-state index contributed by atoms with van der Waals surface area (Å²) in [5.41, 5.74) is 0. The van der Waals surface area contributed by atoms with Crippen molar-refractivity contribution in [2.75, 3.05) is 33.2 Å². The molecule has 0 aromatic heterocycles. The van der Waals surface area contributed by atoms with E-state index in [4.69, 9.17) is 37.9 Å². The maximum Gasteiger partial charge on any atom is 0.311 e. The Morgan fingerprint density at radius 2 is 0.733 bits per heavy atom. The van der Waals surface area contributed by atoms with Gasteiger partial charge in [-0.3, -0.25) is 19.2 Å². The molecule has 17 aliphatic rings. The first-order valence-electron chi connectivity index (χ1n) is 38.4. The van der Waals surface area contributed by atoms with E-state index < -0.39 is 12.6 Å². The van der Waals surface area contributed by atoms with E-state index in [-0.39, 0.29) is 60.6 Å². The summed E-state index contributed by atoms with van der Waals surface area (Å²) in [7, 11) is 0. The second kappa shape index (κ2) is 25.6. The third-order valence-corrected chi connectivity index (χ3v) is 32.1. The minimum Gasteiger partial charge on any atom is -0.438 e. The summed E-state index contributed by atoms with van der Waals surface area (Å²) in [5.74, 6) is 28.1. The lowest BCUT2D eigenvalue weighted by Gasteiger charge is -2.43. The van der Waals surface area contributed by atoms with E-state index in [1.165, 1.54) is 51.4 Å². The van der Waals surface area contributed by atoms with Crippen LogP contribution in [0.15, 0.2) is 0 Å². The molecule has 39 atom stereocenters. The SMILES string of the molecule is CC(C)COC(C)OC(=O)C1CC2CC1C1C3CC(C(C)C3C)C21.CC1C(C)C2CC1C1C3CC(C(=O)OC4CCCCO4)C(C3)C21.CCOC(C)OC(=O)C1CC2CC1C1C3CC(C(C)C3C)C21.CCOCOC(=O)C1CC2CC1C1C3CC(C(C)C3C)C21. The second-order valence-electron chi connectivity index (χ2n) is 35.3. The Balaban J connectivity index is 0.000000105. The number of rotatable bonds is 15. The first kappa shape index (κ1) is 65.0. The highest BCUT2D eigenvalue weighted by Gasteiger charge is 2.71. The van der Waals surface area contributed by atoms with E-state index in [0.717, 1.165) is 217 Å². The number of ether oxygens (including phenoxy) is 8. The Morgan fingerprint density at radius 1 is 0.389 bits per heavy atom. The van der Waals surface area contributed by atoms with E-state index in [9.17, 15) is 19.2 Å². The van der Waals surface area contributed by atoms with E-state index in [0.29, 0.717) is 49.4 Å². The van der Waals surface area contributed by atoms with Gasteiger partial charge in [0, 0.05) is 19.6 Å². The van der Waals surface area contributed by atoms with Crippen molar-refractivity contribution in [3.8, 4) is 0 Å². The van der Waals surface area contributed by atoms with Gasteiger partial charge in [-0.2, -0.15) is 0 Å². The summed E-state index contributed by atoms with van der Waals surface area (Å²) in [5, 5.41) is 0. The van der Waals surface area contributed by atoms with Crippen molar-refractivity contribution < 1.29 is 57.1 Å². The molecule has 12 heteroatoms. The monoisotopic (exact) mass is 1250 g/mol. The predicted molar refractivity (Wildman–Crippen MR) is 342 cm³/mol. The lowest BCUT2D eigenvalue weighted by Crippen LogP contribution is -2.41. The van der Waals surface area contributed by atoms with Crippen molar-refractivity contribution >= 4 is 23.9 Å². The topological polar surface area (TPSA) is 142 Å². The molecule has 39 unspecified atom stereocenters. The Bertz CT molecular complexity index is 2580. The maximum absolute atomic E-state index is 12.7. The van der Waals surface area contributed by atoms with Crippen LogP contribution < -0.4 is 0 Å². The Hall–Kier alpha value is -2.28. The average molecular weight is 1250 g/mol. The van der Waals surface area contributed by atoms with Crippen LogP contribution in [0, 0.1) is 219 Å². The van der Waals surface area contributed by atoms with Gasteiger partial charge in [0.25, 0.3) is 0 Å². The van der Waals surface area contributed by atoms with Gasteiger partial charge in [0.05, 0.1) is 36.9 Å². The largest absolute Gasteiger partial charge is 0.438 e. The van der Waals surface area contributed by atoms with E-state index >= 15 is 0 Å². The first-order valence-corrected chi connectivity index (χ1v) is 38.4. The molecule has 0 N–H and O–H groups in total. The van der Waals surface area contributed by atoms with Crippen LogP contribution >= 0.6 is 0 Å². The fourth-order valence-electron chi connectivity index (χ4n) is 28.4. The van der Waals surface area contributed by atoms with Crippen molar-refractivity contribution in [2.24, 2.45) is 219 Å². The van der Waals surface area contributed by atoms with Gasteiger partial charge in [-0.15, -0.1) is 0 Å². The number of fused-ring (bicyclic) bond motifs is 36. The molecule has 0 amide bonds. The smallest absolute Gasteiger partial charge is 0.311 e. The highest BCUT2D eigenvalue weighted by Crippen LogP contribution is 2.75. The van der Waals surface area contributed by atoms with Crippen LogP contribution in [0.4, 0.5) is 0 Å². The van der Waals surface area contributed by atoms with Crippen LogP contribution in [0.2, 0.25) is 0 Å². The molecule has 17 rings (SSSR count). The van der Waals surface area contributed by atoms with Crippen LogP contribution in [0.3, 0.4) is 0 Å². The molecule has 90 heavy (non-hydrogen) atoms. The van der Waals surface area contributed by atoms with Crippen molar-refractivity contribution in [3.05, 3.63) is 0 Å². The van der Waals surface area contributed by atoms with E-state index in [1.807, 2.05) is 27.7 Å². The number of hydrogen-bond acceptors (Lipinski definition) is 12. The number of carbonyl (C=O) groups excluding carboxylic acids is 4. The molecule has 12 nitrogen and oxygen atoms in total. The zero-order chi connectivity index (χ0) is 63.2. The zero-order valence-corrected chi connectivity index (χ0v) is 58.1. The van der Waals surface area contributed by atoms with Crippen molar-refractivity contribution in [3.63, 3.8) is 0 Å². The Kier molecular flexibility index (Phi) is 18.5. The molecule has 16 bridgehead atoms. The van der Waals surface area contributed by atoms with Gasteiger partial charge in [-0.25, -0.2) is 0 Å². The minimum absolute atomic E-state index is 0.00961. The fraction of sp³-hybridized carbons (Fsp3) is 0.949. The van der Waals surface area contributed by atoms with E-state index in [1.54, 1.807) is 0 Å². The number of esters is 4. The standard InChI is InChI=1S/C21H34O3.C20H30O3.C19H30O3.C18H28O3/c1-10(2)9-23-13(5)24-21(22)18-7-14-6-17(18)20-16-8-15(19(14)20)11(3)12(16)4;1-10-11(2)14-9-13(10)18-12-7-15(19(14)18)16(8-12)20(21)23-17-5-3-4-6-22-17;1-5-21-11(4)22-19(20)16-7-12-6-15(16)18-14-8-13(17(12)18)9(2)10(14)3;1-4-20-8-21-18(19)15-6-11-5-14(15)17-13-7-12(16(11)17)9(2)10(13)3/h10-20H,6-9H2,1-5H3;10-19H,3-9H2,1-2H3;9-18H,5-8H2,1-4H3;9-17H,4-8H2,1-3H3. The second-order valence-corrected chi connectivity index (χ2v) is 35.3. The van der Waals surface area contributed by atoms with Crippen LogP contribution in [-0.4, -0.2) is 76.0 Å². The molecular formula is C78H122O12. The summed E-state index contributed by atoms with van der Waals surface area (Å²) < 4.78 is 44.1. The van der Waals surface area contributed by atoms with Gasteiger partial charge < -0.3 is 37.9 Å². The van der Waals surface area contributed by atoms with Gasteiger partial charge >= 0.3 is 23.9 Å². The van der Waals surface area contributed by atoms with Gasteiger partial charge in [0.2, 0.25) is 6.29 Å². The van der Waals surface area contributed by atoms with Crippen LogP contribution in [0.1, 0.15) is 193 Å². The summed E-state index contributed by atoms with van der Waals surface area (Å²) in [6.45, 7) is 34.2. The van der Waals surface area contributed by atoms with E-state index in [2.05, 4.69) is 69.2 Å². The molecule has 0 aromatic rings. The molecule has 17 fully saturated rings. The molecule has 0 radical (unpaired) electrons. The molecule has 1 aliphatic heterocycles. The minimum atomic E-state index is -0.409. The number of carbonyl (C=O) groups is 4. The van der Waals surface area contributed by atoms with Crippen LogP contribution in [0.25, 0.3) is 0 Å². The predicted octanol–water partition coefficient (Wildman–Crippen LogP) is 15.3. The average Bonchev–Trinajstić information content (AvgIpc) is 1.57. The van der Waals surface area contributed by atoms with Crippen molar-refractivity contribution in [2.45, 2.75) is 212 Å². The van der Waals surface area contributed by atoms with Gasteiger partial charge in [0.1, 0.15) is 0 Å². The molecule has 16 aliphatic carbocycles. The fourth-order valence-corrected chi connectivity index (χ4v) is 28.4. The van der Waals surface area contributed by atoms with Gasteiger partial charge in [-0.05, 0) is 313 Å². The zero-order valence-electron chi connectivity index (χ0n) is 58.1. The molecule has 0 spiro atoms. The molecule has 1 heterocycles. The highest BCUT2D eigenvalue weighted by atomic mass is 16.7. The third-order valence-electron chi connectivity index (χ3n) is 32.1. The summed E-state index contributed by atoms with van der Waals surface area (Å²) in [4.78, 5) is 50.4. The van der Waals surface area contributed by atoms with Crippen LogP contribution in [-0.2, 0) is 57.1 Å². The number of hydrogen-bond donors (Lipinski definition) is 0. The highest BCUT2D eigenvalue weighted by molar-refractivity contribution is 5.75. The van der Waals surface area contributed by atoms with Gasteiger partial charge in [-0.1, -0.05) is 69.2 Å². The molecule has 506 valence electrons. The summed E-state index contributed by atoms with van der Waals surface area (Å²) in [6.07, 6.45) is 17.3. The normalized spacial score (nSPS) is 53.1. The lowest BCUT2D eigenvalue weighted by atomic mass is 9.62. The van der Waals surface area contributed by atoms with Crippen molar-refractivity contribution in [1.82, 2.24) is 0 Å². The molecule has 16 saturated carbocycles. The summed E-state index contributed by atoms with van der Waals surface area (Å²) in [6, 6.07) is 0. The van der Waals surface area contributed by atoms with Gasteiger partial charge in [0.15, 0.2) is 19.4 Å². The maximum atomic E-state index is 12.7. The summed E-state index contributed by atoms with van der Waals surface area (Å²) >= 11 is 0.